The molecule has 0 aromatic heterocycles. The van der Waals surface area contributed by atoms with Gasteiger partial charge in [-0.3, -0.25) is 4.79 Å². The molecule has 2 nitrogen and oxygen atoms in total. The van der Waals surface area contributed by atoms with Gasteiger partial charge in [-0.2, -0.15) is 0 Å². The van der Waals surface area contributed by atoms with Crippen molar-refractivity contribution in [2.75, 3.05) is 0 Å². The number of carbonyl (C=O) groups excluding carboxylic acids is 1. The Bertz CT molecular complexity index is 638. The van der Waals surface area contributed by atoms with Crippen LogP contribution in [-0.4, -0.2) is 5.91 Å². The van der Waals surface area contributed by atoms with Gasteiger partial charge in [-0.25, -0.2) is 4.39 Å². The van der Waals surface area contributed by atoms with Gasteiger partial charge in [-0.05, 0) is 29.3 Å². The number of carbonyl (C=O) groups is 1. The van der Waals surface area contributed by atoms with Gasteiger partial charge in [0.2, 0.25) is 5.91 Å². The maximum atomic E-state index is 13.0. The molecule has 1 amide bonds. The lowest BCUT2D eigenvalue weighted by Gasteiger charge is -2.05. The van der Waals surface area contributed by atoms with Crippen LogP contribution in [0.2, 0.25) is 5.02 Å². The molecule has 0 unspecified atom stereocenters. The van der Waals surface area contributed by atoms with Crippen molar-refractivity contribution in [2.45, 2.75) is 0 Å². The van der Waals surface area contributed by atoms with E-state index in [1.807, 2.05) is 6.07 Å². The lowest BCUT2D eigenvalue weighted by molar-refractivity contribution is -0.112. The van der Waals surface area contributed by atoms with Gasteiger partial charge in [0, 0.05) is 5.57 Å². The van der Waals surface area contributed by atoms with Gasteiger partial charge in [0.15, 0.2) is 0 Å². The molecular formula is C15H11ClFNO. The summed E-state index contributed by atoms with van der Waals surface area (Å²) in [6.07, 6.45) is 1.56. The first-order chi connectivity index (χ1) is 9.08. The highest BCUT2D eigenvalue weighted by Gasteiger charge is 2.09. The molecule has 19 heavy (non-hydrogen) atoms. The van der Waals surface area contributed by atoms with Crippen molar-refractivity contribution >= 4 is 29.2 Å². The van der Waals surface area contributed by atoms with E-state index in [0.717, 1.165) is 0 Å². The summed E-state index contributed by atoms with van der Waals surface area (Å²) in [7, 11) is 0. The van der Waals surface area contributed by atoms with Crippen molar-refractivity contribution in [2.24, 2.45) is 5.73 Å². The quantitative estimate of drug-likeness (QED) is 0.676. The van der Waals surface area contributed by atoms with Gasteiger partial charge in [-0.15, -0.1) is 0 Å². The predicted molar refractivity (Wildman–Crippen MR) is 74.9 cm³/mol. The highest BCUT2D eigenvalue weighted by atomic mass is 35.5. The number of benzene rings is 2. The van der Waals surface area contributed by atoms with Crippen LogP contribution in [0.4, 0.5) is 4.39 Å². The second-order valence-electron chi connectivity index (χ2n) is 3.95. The predicted octanol–water partition coefficient (Wildman–Crippen LogP) is 3.51. The standard InChI is InChI=1S/C15H11ClFNO/c16-14-9-12(17)7-6-11(14)8-13(15(18)19)10-4-2-1-3-5-10/h1-9H,(H2,18,19)/b13-8+. The highest BCUT2D eigenvalue weighted by Crippen LogP contribution is 2.23. The Morgan fingerprint density at radius 2 is 1.84 bits per heavy atom. The molecule has 96 valence electrons. The summed E-state index contributed by atoms with van der Waals surface area (Å²) in [6.45, 7) is 0. The molecule has 0 heterocycles. The summed E-state index contributed by atoms with van der Waals surface area (Å²) in [5.41, 5.74) is 6.93. The largest absolute Gasteiger partial charge is 0.366 e. The molecule has 4 heteroatoms. The van der Waals surface area contributed by atoms with E-state index in [4.69, 9.17) is 17.3 Å². The van der Waals surface area contributed by atoms with Crippen molar-refractivity contribution in [3.63, 3.8) is 0 Å². The first kappa shape index (κ1) is 13.3. The summed E-state index contributed by atoms with van der Waals surface area (Å²) in [6, 6.07) is 13.0. The molecule has 2 aromatic carbocycles. The maximum Gasteiger partial charge on any atom is 0.249 e. The van der Waals surface area contributed by atoms with Crippen molar-refractivity contribution in [1.82, 2.24) is 0 Å². The Morgan fingerprint density at radius 3 is 2.42 bits per heavy atom. The number of hydrogen-bond acceptors (Lipinski definition) is 1. The van der Waals surface area contributed by atoms with Crippen molar-refractivity contribution in [3.05, 3.63) is 70.5 Å². The molecule has 0 radical (unpaired) electrons. The van der Waals surface area contributed by atoms with Gasteiger partial charge >= 0.3 is 0 Å². The van der Waals surface area contributed by atoms with E-state index < -0.39 is 11.7 Å². The van der Waals surface area contributed by atoms with Gasteiger partial charge in [0.1, 0.15) is 5.82 Å². The average Bonchev–Trinajstić information content (AvgIpc) is 2.38. The normalized spacial score (nSPS) is 11.4. The third-order valence-electron chi connectivity index (χ3n) is 2.61. The average molecular weight is 276 g/mol. The van der Waals surface area contributed by atoms with E-state index in [1.54, 1.807) is 30.3 Å². The molecule has 2 rings (SSSR count). The second kappa shape index (κ2) is 5.67. The first-order valence-electron chi connectivity index (χ1n) is 5.60. The molecule has 0 atom stereocenters. The number of nitrogens with two attached hydrogens (primary N) is 1. The van der Waals surface area contributed by atoms with E-state index in [-0.39, 0.29) is 5.02 Å². The summed E-state index contributed by atoms with van der Waals surface area (Å²) in [5, 5.41) is 0.231. The number of rotatable bonds is 3. The molecule has 0 saturated carbocycles. The molecule has 0 aliphatic carbocycles. The molecule has 0 fully saturated rings. The molecule has 0 spiro atoms. The van der Waals surface area contributed by atoms with Crippen molar-refractivity contribution < 1.29 is 9.18 Å². The third kappa shape index (κ3) is 3.20. The van der Waals surface area contributed by atoms with Crippen molar-refractivity contribution in [3.8, 4) is 0 Å². The van der Waals surface area contributed by atoms with Gasteiger partial charge in [0.05, 0.1) is 5.02 Å². The topological polar surface area (TPSA) is 43.1 Å². The second-order valence-corrected chi connectivity index (χ2v) is 4.36. The Labute approximate surface area is 115 Å². The van der Waals surface area contributed by atoms with Crippen LogP contribution in [0.25, 0.3) is 11.6 Å². The Balaban J connectivity index is 2.51. The Hall–Kier alpha value is -2.13. The minimum absolute atomic E-state index is 0.231. The van der Waals surface area contributed by atoms with Gasteiger partial charge < -0.3 is 5.73 Å². The van der Waals surface area contributed by atoms with E-state index in [0.29, 0.717) is 16.7 Å². The lowest BCUT2D eigenvalue weighted by atomic mass is 10.0. The molecule has 0 saturated heterocycles. The zero-order valence-corrected chi connectivity index (χ0v) is 10.7. The summed E-state index contributed by atoms with van der Waals surface area (Å²) in [5.74, 6) is -0.992. The first-order valence-corrected chi connectivity index (χ1v) is 5.97. The fourth-order valence-electron chi connectivity index (χ4n) is 1.69. The van der Waals surface area contributed by atoms with E-state index in [1.165, 1.54) is 18.2 Å². The third-order valence-corrected chi connectivity index (χ3v) is 2.94. The van der Waals surface area contributed by atoms with Crippen LogP contribution in [0, 0.1) is 5.82 Å². The smallest absolute Gasteiger partial charge is 0.249 e. The molecule has 0 aliphatic rings. The minimum atomic E-state index is -0.563. The SMILES string of the molecule is NC(=O)/C(=C/c1ccc(F)cc1Cl)c1ccccc1. The molecule has 0 bridgehead atoms. The van der Waals surface area contributed by atoms with Gasteiger partial charge in [0.25, 0.3) is 0 Å². The Kier molecular flexibility index (Phi) is 3.97. The van der Waals surface area contributed by atoms with Crippen LogP contribution in [0.5, 0.6) is 0 Å². The minimum Gasteiger partial charge on any atom is -0.366 e. The number of hydrogen-bond donors (Lipinski definition) is 1. The fraction of sp³-hybridized carbons (Fsp3) is 0. The van der Waals surface area contributed by atoms with Crippen LogP contribution in [0.3, 0.4) is 0 Å². The van der Waals surface area contributed by atoms with E-state index in [2.05, 4.69) is 0 Å². The zero-order valence-electron chi connectivity index (χ0n) is 9.94. The highest BCUT2D eigenvalue weighted by molar-refractivity contribution is 6.33. The van der Waals surface area contributed by atoms with Crippen molar-refractivity contribution in [1.29, 1.82) is 0 Å². The number of amides is 1. The summed E-state index contributed by atoms with van der Waals surface area (Å²) in [4.78, 5) is 11.5. The van der Waals surface area contributed by atoms with Crippen LogP contribution >= 0.6 is 11.6 Å². The van der Waals surface area contributed by atoms with E-state index in [9.17, 15) is 9.18 Å². The summed E-state index contributed by atoms with van der Waals surface area (Å²) < 4.78 is 13.0. The number of halogens is 2. The molecule has 2 N–H and O–H groups in total. The molecule has 0 aliphatic heterocycles. The molecule has 2 aromatic rings. The van der Waals surface area contributed by atoms with Crippen LogP contribution in [-0.2, 0) is 4.79 Å². The monoisotopic (exact) mass is 275 g/mol. The van der Waals surface area contributed by atoms with Gasteiger partial charge in [-0.1, -0.05) is 48.0 Å². The summed E-state index contributed by atoms with van der Waals surface area (Å²) >= 11 is 5.93. The van der Waals surface area contributed by atoms with Crippen LogP contribution < -0.4 is 5.73 Å². The fourth-order valence-corrected chi connectivity index (χ4v) is 1.91. The van der Waals surface area contributed by atoms with Crippen LogP contribution in [0.1, 0.15) is 11.1 Å². The zero-order chi connectivity index (χ0) is 13.8. The van der Waals surface area contributed by atoms with Crippen LogP contribution in [0.15, 0.2) is 48.5 Å². The Morgan fingerprint density at radius 1 is 1.16 bits per heavy atom. The van der Waals surface area contributed by atoms with E-state index >= 15 is 0 Å². The number of primary amides is 1. The molecular weight excluding hydrogens is 265 g/mol. The maximum absolute atomic E-state index is 13.0. The lowest BCUT2D eigenvalue weighted by Crippen LogP contribution is -2.12.